The van der Waals surface area contributed by atoms with Gasteiger partial charge in [0.1, 0.15) is 0 Å². The van der Waals surface area contributed by atoms with E-state index >= 15 is 0 Å². The maximum atomic E-state index is 3.77. The van der Waals surface area contributed by atoms with E-state index in [1.807, 2.05) is 0 Å². The Morgan fingerprint density at radius 1 is 0.571 bits per heavy atom. The number of anilines is 1. The molecular weight excluding hydrogens is 338 g/mol. The van der Waals surface area contributed by atoms with Gasteiger partial charge in [-0.1, -0.05) is 108 Å². The van der Waals surface area contributed by atoms with Crippen LogP contribution in [0.2, 0.25) is 0 Å². The van der Waals surface area contributed by atoms with Crippen molar-refractivity contribution in [3.05, 3.63) is 101 Å². The Balaban J connectivity index is 2.16. The lowest BCUT2D eigenvalue weighted by Gasteiger charge is -2.29. The highest BCUT2D eigenvalue weighted by Gasteiger charge is 2.23. The van der Waals surface area contributed by atoms with Crippen molar-refractivity contribution in [2.75, 3.05) is 5.32 Å². The highest BCUT2D eigenvalue weighted by Crippen LogP contribution is 2.35. The normalized spacial score (nSPS) is 13.2. The molecule has 0 bridgehead atoms. The molecule has 1 N–H and O–H groups in total. The molecule has 3 rings (SSSR count). The molecule has 0 aliphatic rings. The van der Waals surface area contributed by atoms with Gasteiger partial charge in [0, 0.05) is 5.69 Å². The third kappa shape index (κ3) is 4.84. The summed E-state index contributed by atoms with van der Waals surface area (Å²) in [4.78, 5) is 0. The van der Waals surface area contributed by atoms with E-state index < -0.39 is 0 Å². The summed E-state index contributed by atoms with van der Waals surface area (Å²) >= 11 is 0. The van der Waals surface area contributed by atoms with Crippen LogP contribution in [0.3, 0.4) is 0 Å². The van der Waals surface area contributed by atoms with Gasteiger partial charge in [0.2, 0.25) is 0 Å². The van der Waals surface area contributed by atoms with Crippen LogP contribution in [0, 0.1) is 0 Å². The van der Waals surface area contributed by atoms with Crippen LogP contribution in [-0.4, -0.2) is 0 Å². The smallest absolute Gasteiger partial charge is 0.0767 e. The number of para-hydroxylation sites is 1. The van der Waals surface area contributed by atoms with Gasteiger partial charge in [-0.25, -0.2) is 0 Å². The van der Waals surface area contributed by atoms with Crippen molar-refractivity contribution in [1.29, 1.82) is 0 Å². The predicted molar refractivity (Wildman–Crippen MR) is 122 cm³/mol. The van der Waals surface area contributed by atoms with E-state index in [4.69, 9.17) is 0 Å². The Bertz CT molecular complexity index is 864. The van der Waals surface area contributed by atoms with Crippen LogP contribution in [0.4, 0.5) is 5.69 Å². The Hall–Kier alpha value is -2.54. The van der Waals surface area contributed by atoms with Crippen LogP contribution in [0.25, 0.3) is 0 Å². The van der Waals surface area contributed by atoms with E-state index in [1.165, 1.54) is 22.3 Å². The fraction of sp³-hybridized carbons (Fsp3) is 0.333. The standard InChI is InChI=1S/C27H33N/c1-26(2,3)22-17-21(18-23(19-22)27(4,5)6)25(20-13-9-7-10-14-20)28-24-15-11-8-12-16-24/h7-19,25,28H,1-6H3. The largest absolute Gasteiger partial charge is 0.374 e. The van der Waals surface area contributed by atoms with Gasteiger partial charge >= 0.3 is 0 Å². The van der Waals surface area contributed by atoms with Crippen molar-refractivity contribution in [2.45, 2.75) is 58.4 Å². The Morgan fingerprint density at radius 3 is 1.50 bits per heavy atom. The lowest BCUT2D eigenvalue weighted by Crippen LogP contribution is -2.20. The summed E-state index contributed by atoms with van der Waals surface area (Å²) < 4.78 is 0. The average molecular weight is 372 g/mol. The number of benzene rings is 3. The highest BCUT2D eigenvalue weighted by molar-refractivity contribution is 5.51. The molecule has 0 heterocycles. The Morgan fingerprint density at radius 2 is 1.04 bits per heavy atom. The predicted octanol–water partition coefficient (Wildman–Crippen LogP) is 7.48. The summed E-state index contributed by atoms with van der Waals surface area (Å²) in [5, 5.41) is 3.77. The molecule has 0 aliphatic carbocycles. The van der Waals surface area contributed by atoms with Gasteiger partial charge in [0.05, 0.1) is 6.04 Å². The molecular formula is C27H33N. The zero-order valence-electron chi connectivity index (χ0n) is 18.1. The van der Waals surface area contributed by atoms with Crippen molar-refractivity contribution < 1.29 is 0 Å². The molecule has 0 aromatic heterocycles. The SMILES string of the molecule is CC(C)(C)c1cc(C(Nc2ccccc2)c2ccccc2)cc(C(C)(C)C)c1. The molecule has 1 atom stereocenters. The maximum absolute atomic E-state index is 3.77. The zero-order valence-corrected chi connectivity index (χ0v) is 18.1. The van der Waals surface area contributed by atoms with Crippen molar-refractivity contribution in [3.8, 4) is 0 Å². The number of hydrogen-bond acceptors (Lipinski definition) is 1. The monoisotopic (exact) mass is 371 g/mol. The minimum Gasteiger partial charge on any atom is -0.374 e. The van der Waals surface area contributed by atoms with Gasteiger partial charge in [-0.05, 0) is 45.2 Å². The first-order valence-electron chi connectivity index (χ1n) is 10.2. The number of rotatable bonds is 4. The molecule has 28 heavy (non-hydrogen) atoms. The van der Waals surface area contributed by atoms with Crippen LogP contribution >= 0.6 is 0 Å². The minimum absolute atomic E-state index is 0.101. The van der Waals surface area contributed by atoms with Crippen LogP contribution in [-0.2, 0) is 10.8 Å². The summed E-state index contributed by atoms with van der Waals surface area (Å²) in [6.07, 6.45) is 0. The van der Waals surface area contributed by atoms with Crippen molar-refractivity contribution in [2.24, 2.45) is 0 Å². The Labute approximate surface area is 170 Å². The lowest BCUT2D eigenvalue weighted by molar-refractivity contribution is 0.566. The van der Waals surface area contributed by atoms with Crippen molar-refractivity contribution in [1.82, 2.24) is 0 Å². The second-order valence-corrected chi connectivity index (χ2v) is 9.70. The van der Waals surface area contributed by atoms with Crippen LogP contribution in [0.1, 0.15) is 69.8 Å². The summed E-state index contributed by atoms with van der Waals surface area (Å²) in [6.45, 7) is 13.8. The van der Waals surface area contributed by atoms with E-state index in [0.29, 0.717) is 0 Å². The highest BCUT2D eigenvalue weighted by atomic mass is 14.9. The molecule has 0 fully saturated rings. The van der Waals surface area contributed by atoms with E-state index in [0.717, 1.165) is 5.69 Å². The van der Waals surface area contributed by atoms with Crippen LogP contribution < -0.4 is 5.32 Å². The molecule has 3 aromatic rings. The quantitative estimate of drug-likeness (QED) is 0.501. The molecule has 1 nitrogen and oxygen atoms in total. The molecule has 146 valence electrons. The van der Waals surface area contributed by atoms with Crippen molar-refractivity contribution >= 4 is 5.69 Å². The first kappa shape index (κ1) is 20.2. The minimum atomic E-state index is 0.101. The molecule has 0 radical (unpaired) electrons. The van der Waals surface area contributed by atoms with Gasteiger partial charge in [-0.3, -0.25) is 0 Å². The van der Waals surface area contributed by atoms with E-state index in [2.05, 4.69) is 126 Å². The first-order chi connectivity index (χ1) is 13.1. The summed E-state index contributed by atoms with van der Waals surface area (Å²) in [7, 11) is 0. The van der Waals surface area contributed by atoms with Gasteiger partial charge < -0.3 is 5.32 Å². The fourth-order valence-corrected chi connectivity index (χ4v) is 3.39. The van der Waals surface area contributed by atoms with Gasteiger partial charge in [0.25, 0.3) is 0 Å². The van der Waals surface area contributed by atoms with Gasteiger partial charge in [-0.2, -0.15) is 0 Å². The summed E-state index contributed by atoms with van der Waals surface area (Å²) in [6, 6.07) is 28.5. The molecule has 0 saturated carbocycles. The summed E-state index contributed by atoms with van der Waals surface area (Å²) in [5.41, 5.74) is 6.68. The van der Waals surface area contributed by atoms with Crippen LogP contribution in [0.5, 0.6) is 0 Å². The summed E-state index contributed by atoms with van der Waals surface area (Å²) in [5.74, 6) is 0. The maximum Gasteiger partial charge on any atom is 0.0767 e. The number of nitrogens with one attached hydrogen (secondary N) is 1. The fourth-order valence-electron chi connectivity index (χ4n) is 3.39. The third-order valence-corrected chi connectivity index (χ3v) is 5.24. The molecule has 0 spiro atoms. The molecule has 3 aromatic carbocycles. The second kappa shape index (κ2) is 7.83. The van der Waals surface area contributed by atoms with Gasteiger partial charge in [0.15, 0.2) is 0 Å². The van der Waals surface area contributed by atoms with Crippen molar-refractivity contribution in [3.63, 3.8) is 0 Å². The topological polar surface area (TPSA) is 12.0 Å². The third-order valence-electron chi connectivity index (χ3n) is 5.24. The zero-order chi connectivity index (χ0) is 20.4. The number of hydrogen-bond donors (Lipinski definition) is 1. The van der Waals surface area contributed by atoms with Crippen LogP contribution in [0.15, 0.2) is 78.9 Å². The Kier molecular flexibility index (Phi) is 5.65. The van der Waals surface area contributed by atoms with Gasteiger partial charge in [-0.15, -0.1) is 0 Å². The molecule has 0 amide bonds. The molecule has 1 unspecified atom stereocenters. The van der Waals surface area contributed by atoms with E-state index in [1.54, 1.807) is 0 Å². The van der Waals surface area contributed by atoms with E-state index in [-0.39, 0.29) is 16.9 Å². The average Bonchev–Trinajstić information content (AvgIpc) is 2.66. The lowest BCUT2D eigenvalue weighted by atomic mass is 9.78. The molecule has 0 saturated heterocycles. The molecule has 1 heteroatoms. The second-order valence-electron chi connectivity index (χ2n) is 9.70. The first-order valence-corrected chi connectivity index (χ1v) is 10.2. The van der Waals surface area contributed by atoms with E-state index in [9.17, 15) is 0 Å². The molecule has 0 aliphatic heterocycles.